The second-order valence-corrected chi connectivity index (χ2v) is 3.18. The Balaban J connectivity index is 2.44. The Bertz CT molecular complexity index is 325. The van der Waals surface area contributed by atoms with Crippen molar-refractivity contribution in [2.24, 2.45) is 0 Å². The number of fused-ring (bicyclic) bond motifs is 1. The molecule has 1 N–H and O–H groups in total. The first-order valence-electron chi connectivity index (χ1n) is 4.37. The molecule has 1 aromatic carbocycles. The lowest BCUT2D eigenvalue weighted by molar-refractivity contribution is 0.384. The summed E-state index contributed by atoms with van der Waals surface area (Å²) >= 11 is 0. The van der Waals surface area contributed by atoms with E-state index in [4.69, 9.17) is 4.74 Å². The van der Waals surface area contributed by atoms with Crippen molar-refractivity contribution >= 4 is 0 Å². The summed E-state index contributed by atoms with van der Waals surface area (Å²) < 4.78 is 18.1. The van der Waals surface area contributed by atoms with Crippen LogP contribution in [-0.4, -0.2) is 13.7 Å². The van der Waals surface area contributed by atoms with Crippen LogP contribution in [0.25, 0.3) is 0 Å². The number of ether oxygens (including phenoxy) is 1. The third-order valence-corrected chi connectivity index (χ3v) is 2.36. The van der Waals surface area contributed by atoms with E-state index in [0.29, 0.717) is 5.75 Å². The summed E-state index contributed by atoms with van der Waals surface area (Å²) in [4.78, 5) is 0. The Morgan fingerprint density at radius 2 is 2.23 bits per heavy atom. The van der Waals surface area contributed by atoms with Crippen LogP contribution < -0.4 is 10.1 Å². The van der Waals surface area contributed by atoms with Gasteiger partial charge in [-0.2, -0.15) is 0 Å². The topological polar surface area (TPSA) is 21.3 Å². The Hall–Kier alpha value is -1.09. The Labute approximate surface area is 76.7 Å². The van der Waals surface area contributed by atoms with Crippen LogP contribution >= 0.6 is 0 Å². The number of benzene rings is 1. The SMILES string of the molecule is COc1cc2c(cc1F)CNCC2. The lowest BCUT2D eigenvalue weighted by Gasteiger charge is -2.17. The second-order valence-electron chi connectivity index (χ2n) is 3.18. The van der Waals surface area contributed by atoms with Crippen LogP contribution in [0.3, 0.4) is 0 Å². The van der Waals surface area contributed by atoms with Crippen LogP contribution in [0.4, 0.5) is 4.39 Å². The predicted molar refractivity (Wildman–Crippen MR) is 48.4 cm³/mol. The zero-order valence-electron chi connectivity index (χ0n) is 7.56. The van der Waals surface area contributed by atoms with Crippen molar-refractivity contribution in [3.8, 4) is 5.75 Å². The van der Waals surface area contributed by atoms with Gasteiger partial charge in [0.05, 0.1) is 7.11 Å². The van der Waals surface area contributed by atoms with Crippen LogP contribution in [-0.2, 0) is 13.0 Å². The number of nitrogens with one attached hydrogen (secondary N) is 1. The molecule has 1 aromatic rings. The highest BCUT2D eigenvalue weighted by Gasteiger charge is 2.12. The van der Waals surface area contributed by atoms with Gasteiger partial charge in [0.25, 0.3) is 0 Å². The molecule has 0 bridgehead atoms. The minimum Gasteiger partial charge on any atom is -0.494 e. The average molecular weight is 181 g/mol. The third-order valence-electron chi connectivity index (χ3n) is 2.36. The van der Waals surface area contributed by atoms with E-state index in [1.807, 2.05) is 0 Å². The van der Waals surface area contributed by atoms with Gasteiger partial charge in [-0.1, -0.05) is 0 Å². The van der Waals surface area contributed by atoms with Crippen molar-refractivity contribution in [3.63, 3.8) is 0 Å². The number of rotatable bonds is 1. The third kappa shape index (κ3) is 1.52. The maximum atomic E-state index is 13.2. The molecule has 13 heavy (non-hydrogen) atoms. The van der Waals surface area contributed by atoms with Gasteiger partial charge in [-0.25, -0.2) is 4.39 Å². The highest BCUT2D eigenvalue weighted by molar-refractivity contribution is 5.38. The quantitative estimate of drug-likeness (QED) is 0.708. The summed E-state index contributed by atoms with van der Waals surface area (Å²) in [5.74, 6) is 0.0746. The van der Waals surface area contributed by atoms with Gasteiger partial charge in [0.1, 0.15) is 0 Å². The van der Waals surface area contributed by atoms with E-state index in [9.17, 15) is 4.39 Å². The summed E-state index contributed by atoms with van der Waals surface area (Å²) in [5.41, 5.74) is 2.24. The van der Waals surface area contributed by atoms with Crippen LogP contribution in [0, 0.1) is 5.82 Å². The maximum absolute atomic E-state index is 13.2. The molecule has 0 atom stereocenters. The van der Waals surface area contributed by atoms with Crippen molar-refractivity contribution < 1.29 is 9.13 Å². The largest absolute Gasteiger partial charge is 0.494 e. The molecule has 0 aromatic heterocycles. The molecule has 0 unspecified atom stereocenters. The molecule has 0 spiro atoms. The number of methoxy groups -OCH3 is 1. The highest BCUT2D eigenvalue weighted by atomic mass is 19.1. The van der Waals surface area contributed by atoms with E-state index < -0.39 is 0 Å². The lowest BCUT2D eigenvalue weighted by atomic mass is 10.0. The van der Waals surface area contributed by atoms with E-state index in [0.717, 1.165) is 25.1 Å². The Morgan fingerprint density at radius 1 is 1.38 bits per heavy atom. The first-order valence-corrected chi connectivity index (χ1v) is 4.37. The molecule has 0 saturated carbocycles. The summed E-state index contributed by atoms with van der Waals surface area (Å²) in [7, 11) is 1.49. The fourth-order valence-corrected chi connectivity index (χ4v) is 1.64. The molecule has 0 radical (unpaired) electrons. The standard InChI is InChI=1S/C10H12FNO/c1-13-10-5-7-2-3-12-6-8(7)4-9(10)11/h4-5,12H,2-3,6H2,1H3. The number of halogens is 1. The van der Waals surface area contributed by atoms with E-state index in [1.165, 1.54) is 12.7 Å². The average Bonchev–Trinajstić information content (AvgIpc) is 2.17. The van der Waals surface area contributed by atoms with E-state index in [1.54, 1.807) is 12.1 Å². The molecular formula is C10H12FNO. The molecule has 1 aliphatic heterocycles. The summed E-state index contributed by atoms with van der Waals surface area (Å²) in [5, 5.41) is 3.20. The van der Waals surface area contributed by atoms with Gasteiger partial charge in [0, 0.05) is 6.54 Å². The van der Waals surface area contributed by atoms with Crippen molar-refractivity contribution in [1.82, 2.24) is 5.32 Å². The van der Waals surface area contributed by atoms with Gasteiger partial charge in [-0.3, -0.25) is 0 Å². The van der Waals surface area contributed by atoms with Gasteiger partial charge in [-0.15, -0.1) is 0 Å². The molecular weight excluding hydrogens is 169 g/mol. The summed E-state index contributed by atoms with van der Waals surface area (Å²) in [6, 6.07) is 3.35. The summed E-state index contributed by atoms with van der Waals surface area (Å²) in [6.07, 6.45) is 0.950. The van der Waals surface area contributed by atoms with Gasteiger partial charge < -0.3 is 10.1 Å². The molecule has 70 valence electrons. The number of hydrogen-bond donors (Lipinski definition) is 1. The molecule has 0 amide bonds. The lowest BCUT2D eigenvalue weighted by Crippen LogP contribution is -2.23. The van der Waals surface area contributed by atoms with Crippen molar-refractivity contribution in [2.45, 2.75) is 13.0 Å². The minimum absolute atomic E-state index is 0.273. The molecule has 1 aliphatic rings. The highest BCUT2D eigenvalue weighted by Crippen LogP contribution is 2.24. The molecule has 2 nitrogen and oxygen atoms in total. The van der Waals surface area contributed by atoms with E-state index >= 15 is 0 Å². The predicted octanol–water partition coefficient (Wildman–Crippen LogP) is 1.48. The number of hydrogen-bond acceptors (Lipinski definition) is 2. The molecule has 1 heterocycles. The first-order chi connectivity index (χ1) is 6.31. The van der Waals surface area contributed by atoms with Crippen LogP contribution in [0.2, 0.25) is 0 Å². The molecule has 0 aliphatic carbocycles. The smallest absolute Gasteiger partial charge is 0.165 e. The monoisotopic (exact) mass is 181 g/mol. The second kappa shape index (κ2) is 3.34. The van der Waals surface area contributed by atoms with Gasteiger partial charge in [-0.05, 0) is 36.2 Å². The van der Waals surface area contributed by atoms with Gasteiger partial charge >= 0.3 is 0 Å². The maximum Gasteiger partial charge on any atom is 0.165 e. The van der Waals surface area contributed by atoms with Crippen molar-refractivity contribution in [2.75, 3.05) is 13.7 Å². The fourth-order valence-electron chi connectivity index (χ4n) is 1.64. The van der Waals surface area contributed by atoms with Gasteiger partial charge in [0.15, 0.2) is 11.6 Å². The van der Waals surface area contributed by atoms with Crippen LogP contribution in [0.15, 0.2) is 12.1 Å². The normalized spacial score (nSPS) is 15.2. The molecule has 3 heteroatoms. The molecule has 2 rings (SSSR count). The van der Waals surface area contributed by atoms with Crippen LogP contribution in [0.1, 0.15) is 11.1 Å². The Kier molecular flexibility index (Phi) is 2.19. The molecule has 0 saturated heterocycles. The minimum atomic E-state index is -0.273. The summed E-state index contributed by atoms with van der Waals surface area (Å²) in [6.45, 7) is 1.72. The van der Waals surface area contributed by atoms with Crippen molar-refractivity contribution in [1.29, 1.82) is 0 Å². The van der Waals surface area contributed by atoms with Gasteiger partial charge in [0.2, 0.25) is 0 Å². The van der Waals surface area contributed by atoms with E-state index in [2.05, 4.69) is 5.32 Å². The van der Waals surface area contributed by atoms with Crippen LogP contribution in [0.5, 0.6) is 5.75 Å². The van der Waals surface area contributed by atoms with E-state index in [-0.39, 0.29) is 5.82 Å². The molecule has 0 fully saturated rings. The zero-order valence-corrected chi connectivity index (χ0v) is 7.56. The Morgan fingerprint density at radius 3 is 3.00 bits per heavy atom. The zero-order chi connectivity index (χ0) is 9.26. The first kappa shape index (κ1) is 8.51. The van der Waals surface area contributed by atoms with Crippen molar-refractivity contribution in [3.05, 3.63) is 29.1 Å². The fraction of sp³-hybridized carbons (Fsp3) is 0.400.